The molecular weight excluding hydrogens is 429 g/mol. The number of rotatable bonds is 4. The summed E-state index contributed by atoms with van der Waals surface area (Å²) in [6.45, 7) is 2.70. The number of halogens is 2. The number of amides is 2. The third-order valence-corrected chi connectivity index (χ3v) is 5.75. The molecule has 2 aromatic heterocycles. The van der Waals surface area contributed by atoms with Gasteiger partial charge in [0.05, 0.1) is 22.3 Å². The van der Waals surface area contributed by atoms with Crippen molar-refractivity contribution in [3.8, 4) is 0 Å². The molecule has 1 atom stereocenters. The van der Waals surface area contributed by atoms with Gasteiger partial charge in [-0.3, -0.25) is 14.5 Å². The van der Waals surface area contributed by atoms with E-state index in [0.717, 1.165) is 11.3 Å². The van der Waals surface area contributed by atoms with Gasteiger partial charge in [0.1, 0.15) is 18.2 Å². The molecule has 0 saturated heterocycles. The molecule has 30 heavy (non-hydrogen) atoms. The average Bonchev–Trinajstić information content (AvgIpc) is 3.31. The van der Waals surface area contributed by atoms with Gasteiger partial charge in [0, 0.05) is 19.7 Å². The van der Waals surface area contributed by atoms with Crippen molar-refractivity contribution < 1.29 is 9.59 Å². The number of carbonyl (C=O) groups excluding carboxylic acids is 2. The van der Waals surface area contributed by atoms with Gasteiger partial charge >= 0.3 is 0 Å². The second-order valence-electron chi connectivity index (χ2n) is 7.06. The SMILES string of the molecule is Cc1cc2n(n1)CC[C@H](NC(=O)c1ncn(Cc3cccc(Cl)c3Cl)n1)C(=O)N2C. The minimum absolute atomic E-state index is 0.0265. The lowest BCUT2D eigenvalue weighted by Crippen LogP contribution is -2.47. The van der Waals surface area contributed by atoms with E-state index in [2.05, 4.69) is 20.5 Å². The highest BCUT2D eigenvalue weighted by Crippen LogP contribution is 2.26. The molecule has 9 nitrogen and oxygen atoms in total. The highest BCUT2D eigenvalue weighted by Gasteiger charge is 2.31. The van der Waals surface area contributed by atoms with Crippen molar-refractivity contribution in [2.24, 2.45) is 0 Å². The summed E-state index contributed by atoms with van der Waals surface area (Å²) < 4.78 is 3.26. The van der Waals surface area contributed by atoms with Gasteiger partial charge in [-0.05, 0) is 25.0 Å². The molecule has 0 aliphatic carbocycles. The molecule has 1 aliphatic rings. The minimum atomic E-state index is -0.696. The third kappa shape index (κ3) is 3.90. The van der Waals surface area contributed by atoms with Gasteiger partial charge in [0.2, 0.25) is 5.82 Å². The van der Waals surface area contributed by atoms with Gasteiger partial charge in [0.25, 0.3) is 11.8 Å². The van der Waals surface area contributed by atoms with E-state index in [1.165, 1.54) is 15.9 Å². The van der Waals surface area contributed by atoms with Crippen LogP contribution in [0.15, 0.2) is 30.6 Å². The Balaban J connectivity index is 1.45. The topological polar surface area (TPSA) is 97.9 Å². The number of aromatic nitrogens is 5. The second kappa shape index (κ2) is 8.08. The van der Waals surface area contributed by atoms with Gasteiger partial charge < -0.3 is 5.32 Å². The van der Waals surface area contributed by atoms with E-state index >= 15 is 0 Å². The summed E-state index contributed by atoms with van der Waals surface area (Å²) in [5, 5.41) is 12.2. The number of aryl methyl sites for hydroxylation is 2. The molecule has 0 unspecified atom stereocenters. The first-order valence-electron chi connectivity index (χ1n) is 9.28. The van der Waals surface area contributed by atoms with Crippen molar-refractivity contribution >= 4 is 40.8 Å². The maximum atomic E-state index is 12.8. The van der Waals surface area contributed by atoms with Gasteiger partial charge in [-0.25, -0.2) is 14.3 Å². The van der Waals surface area contributed by atoms with Crippen molar-refractivity contribution in [1.82, 2.24) is 29.9 Å². The predicted octanol–water partition coefficient (Wildman–Crippen LogP) is 2.30. The first kappa shape index (κ1) is 20.4. The number of likely N-dealkylation sites (N-methyl/N-ethyl adjacent to an activating group) is 1. The Morgan fingerprint density at radius 3 is 2.90 bits per heavy atom. The number of fused-ring (bicyclic) bond motifs is 1. The van der Waals surface area contributed by atoms with Gasteiger partial charge in [0.15, 0.2) is 0 Å². The molecule has 2 amide bonds. The van der Waals surface area contributed by atoms with Crippen molar-refractivity contribution in [2.45, 2.75) is 32.5 Å². The molecule has 0 fully saturated rings. The van der Waals surface area contributed by atoms with Crippen LogP contribution in [0.4, 0.5) is 5.82 Å². The molecule has 0 radical (unpaired) electrons. The van der Waals surface area contributed by atoms with E-state index in [1.807, 2.05) is 19.1 Å². The van der Waals surface area contributed by atoms with Crippen LogP contribution in [0.1, 0.15) is 28.3 Å². The fourth-order valence-corrected chi connectivity index (χ4v) is 3.74. The number of hydrogen-bond acceptors (Lipinski definition) is 5. The maximum absolute atomic E-state index is 12.8. The number of carbonyl (C=O) groups is 2. The largest absolute Gasteiger partial charge is 0.337 e. The molecule has 4 rings (SSSR count). The number of benzene rings is 1. The number of nitrogens with one attached hydrogen (secondary N) is 1. The lowest BCUT2D eigenvalue weighted by molar-refractivity contribution is -0.120. The molecule has 11 heteroatoms. The zero-order valence-corrected chi connectivity index (χ0v) is 17.9. The summed E-state index contributed by atoms with van der Waals surface area (Å²) in [5.41, 5.74) is 1.59. The van der Waals surface area contributed by atoms with E-state index in [9.17, 15) is 9.59 Å². The van der Waals surface area contributed by atoms with Crippen molar-refractivity contribution in [3.63, 3.8) is 0 Å². The Bertz CT molecular complexity index is 1120. The highest BCUT2D eigenvalue weighted by atomic mass is 35.5. The summed E-state index contributed by atoms with van der Waals surface area (Å²) in [6, 6.07) is 6.45. The molecular formula is C19H19Cl2N7O2. The molecule has 0 saturated carbocycles. The lowest BCUT2D eigenvalue weighted by Gasteiger charge is -2.19. The Morgan fingerprint density at radius 1 is 1.30 bits per heavy atom. The molecule has 0 spiro atoms. The lowest BCUT2D eigenvalue weighted by atomic mass is 10.2. The number of anilines is 1. The number of hydrogen-bond donors (Lipinski definition) is 1. The van der Waals surface area contributed by atoms with Crippen LogP contribution >= 0.6 is 23.2 Å². The van der Waals surface area contributed by atoms with Crippen LogP contribution in [0, 0.1) is 6.92 Å². The predicted molar refractivity (Wildman–Crippen MR) is 112 cm³/mol. The van der Waals surface area contributed by atoms with Crippen LogP contribution < -0.4 is 10.2 Å². The van der Waals surface area contributed by atoms with Crippen LogP contribution in [0.25, 0.3) is 0 Å². The fourth-order valence-electron chi connectivity index (χ4n) is 3.36. The van der Waals surface area contributed by atoms with E-state index in [1.54, 1.807) is 23.9 Å². The van der Waals surface area contributed by atoms with Gasteiger partial charge in [-0.15, -0.1) is 5.10 Å². The zero-order valence-electron chi connectivity index (χ0n) is 16.3. The first-order valence-corrected chi connectivity index (χ1v) is 10.0. The van der Waals surface area contributed by atoms with Gasteiger partial charge in [-0.2, -0.15) is 5.10 Å². The smallest absolute Gasteiger partial charge is 0.291 e. The van der Waals surface area contributed by atoms with E-state index in [-0.39, 0.29) is 11.7 Å². The van der Waals surface area contributed by atoms with Crippen LogP contribution in [-0.2, 0) is 17.9 Å². The van der Waals surface area contributed by atoms with Crippen LogP contribution in [0.3, 0.4) is 0 Å². The molecule has 1 aliphatic heterocycles. The van der Waals surface area contributed by atoms with Crippen molar-refractivity contribution in [2.75, 3.05) is 11.9 Å². The summed E-state index contributed by atoms with van der Waals surface area (Å²) >= 11 is 12.2. The fraction of sp³-hybridized carbons (Fsp3) is 0.316. The van der Waals surface area contributed by atoms with Gasteiger partial charge in [-0.1, -0.05) is 35.3 Å². The second-order valence-corrected chi connectivity index (χ2v) is 7.84. The molecule has 0 bridgehead atoms. The van der Waals surface area contributed by atoms with Crippen LogP contribution in [0.2, 0.25) is 10.0 Å². The summed E-state index contributed by atoms with van der Waals surface area (Å²) in [4.78, 5) is 31.0. The van der Waals surface area contributed by atoms with Crippen LogP contribution in [-0.4, -0.2) is 49.4 Å². The van der Waals surface area contributed by atoms with E-state index in [4.69, 9.17) is 23.2 Å². The summed E-state index contributed by atoms with van der Waals surface area (Å²) in [6.07, 6.45) is 1.85. The van der Waals surface area contributed by atoms with E-state index < -0.39 is 11.9 Å². The summed E-state index contributed by atoms with van der Waals surface area (Å²) in [7, 11) is 1.67. The summed E-state index contributed by atoms with van der Waals surface area (Å²) in [5.74, 6) is -0.0583. The zero-order chi connectivity index (χ0) is 21.4. The molecule has 156 valence electrons. The quantitative estimate of drug-likeness (QED) is 0.661. The third-order valence-electron chi connectivity index (χ3n) is 4.89. The Hall–Kier alpha value is -2.91. The van der Waals surface area contributed by atoms with Crippen molar-refractivity contribution in [1.29, 1.82) is 0 Å². The monoisotopic (exact) mass is 447 g/mol. The Kier molecular flexibility index (Phi) is 5.48. The number of nitrogens with zero attached hydrogens (tertiary/aromatic N) is 6. The normalized spacial score (nSPS) is 16.3. The van der Waals surface area contributed by atoms with Crippen LogP contribution in [0.5, 0.6) is 0 Å². The Morgan fingerprint density at radius 2 is 2.10 bits per heavy atom. The molecule has 3 heterocycles. The van der Waals surface area contributed by atoms with Crippen molar-refractivity contribution in [3.05, 3.63) is 57.7 Å². The molecule has 1 N–H and O–H groups in total. The molecule has 1 aromatic carbocycles. The Labute approximate surface area is 182 Å². The first-order chi connectivity index (χ1) is 14.3. The highest BCUT2D eigenvalue weighted by molar-refractivity contribution is 6.42. The van der Waals surface area contributed by atoms with E-state index in [0.29, 0.717) is 35.4 Å². The average molecular weight is 448 g/mol. The standard InChI is InChI=1S/C19H19Cl2N7O2/c1-11-8-15-26(2)19(30)14(6-7-28(15)24-11)23-18(29)17-22-10-27(25-17)9-12-4-3-5-13(20)16(12)21/h3-5,8,10,14H,6-7,9H2,1-2H3,(H,23,29)/t14-/m0/s1. The maximum Gasteiger partial charge on any atom is 0.291 e. The molecule has 3 aromatic rings. The minimum Gasteiger partial charge on any atom is -0.337 e.